The van der Waals surface area contributed by atoms with E-state index in [1.807, 2.05) is 0 Å². The maximum atomic E-state index is 5.36. The van der Waals surface area contributed by atoms with Gasteiger partial charge in [-0.3, -0.25) is 0 Å². The van der Waals surface area contributed by atoms with Crippen molar-refractivity contribution in [3.63, 3.8) is 0 Å². The molecule has 0 saturated heterocycles. The van der Waals surface area contributed by atoms with Crippen molar-refractivity contribution in [3.8, 4) is 0 Å². The van der Waals surface area contributed by atoms with Crippen LogP contribution in [0, 0.1) is 0 Å². The molecule has 0 fully saturated rings. The Balaban J connectivity index is 2.14. The van der Waals surface area contributed by atoms with Crippen molar-refractivity contribution in [2.75, 3.05) is 0 Å². The number of allylic oxidation sites excluding steroid dienone is 2. The van der Waals surface area contributed by atoms with Gasteiger partial charge in [-0.15, -0.1) is 0 Å². The van der Waals surface area contributed by atoms with Crippen LogP contribution in [0.4, 0.5) is 0 Å². The Morgan fingerprint density at radius 2 is 1.22 bits per heavy atom. The van der Waals surface area contributed by atoms with Crippen LogP contribution in [-0.2, 0) is 38.6 Å². The Hall–Kier alpha value is -2.92. The molecule has 5 heterocycles. The molecular formula is C36H45BrN4. The van der Waals surface area contributed by atoms with E-state index in [2.05, 4.69) is 105 Å². The van der Waals surface area contributed by atoms with Crippen molar-refractivity contribution in [3.05, 3.63) is 67.2 Å². The molecule has 2 aliphatic heterocycles. The molecule has 0 unspecified atom stereocenters. The number of halogens is 1. The summed E-state index contributed by atoms with van der Waals surface area (Å²) in [5.74, 6) is 0. The van der Waals surface area contributed by atoms with Crippen LogP contribution in [-0.4, -0.2) is 19.5 Å². The Morgan fingerprint density at radius 3 is 1.78 bits per heavy atom. The third-order valence-electron chi connectivity index (χ3n) is 8.99. The van der Waals surface area contributed by atoms with E-state index < -0.39 is 0 Å². The van der Waals surface area contributed by atoms with Gasteiger partial charge in [0, 0.05) is 23.1 Å². The smallest absolute Gasteiger partial charge is 0.0725 e. The number of fused-ring (bicyclic) bond motifs is 8. The molecule has 0 amide bonds. The van der Waals surface area contributed by atoms with Gasteiger partial charge in [0.25, 0.3) is 0 Å². The first-order valence-electron chi connectivity index (χ1n) is 15.8. The minimum absolute atomic E-state index is 0.892. The van der Waals surface area contributed by atoms with Crippen LogP contribution in [0.25, 0.3) is 45.4 Å². The minimum Gasteiger partial charge on any atom is -0.354 e. The molecule has 3 aromatic rings. The standard InChI is InChI=1S/C36H45BrN4/c1-9-23-25(11-3)33-29(15-7)34-26(12-4)27(13-5)35(40-34)32(37)36-28(14-6)24(10-2)31(41(36)16-8)20-22-18-17-21(38-22)19-30(23)39-33/h17-20,40H,9-16H2,1-8H3. The Bertz CT molecular complexity index is 1730. The highest BCUT2D eigenvalue weighted by molar-refractivity contribution is 9.10. The summed E-state index contributed by atoms with van der Waals surface area (Å²) in [6.45, 7) is 19.1. The molecule has 8 bridgehead atoms. The van der Waals surface area contributed by atoms with E-state index in [0.717, 1.165) is 78.7 Å². The zero-order valence-electron chi connectivity index (χ0n) is 26.2. The average molecular weight is 614 g/mol. The Kier molecular flexibility index (Phi) is 8.75. The summed E-state index contributed by atoms with van der Waals surface area (Å²) in [6, 6.07) is 4.49. The molecule has 0 spiro atoms. The number of aromatic nitrogens is 4. The second-order valence-corrected chi connectivity index (χ2v) is 11.7. The van der Waals surface area contributed by atoms with E-state index in [9.17, 15) is 0 Å². The highest BCUT2D eigenvalue weighted by Gasteiger charge is 2.24. The number of aryl methyl sites for hydroxylation is 6. The van der Waals surface area contributed by atoms with Crippen LogP contribution in [0.5, 0.6) is 0 Å². The van der Waals surface area contributed by atoms with Gasteiger partial charge in [0.05, 0.1) is 38.3 Å². The zero-order chi connectivity index (χ0) is 29.4. The van der Waals surface area contributed by atoms with Gasteiger partial charge in [-0.25, -0.2) is 9.97 Å². The van der Waals surface area contributed by atoms with Crippen molar-refractivity contribution in [2.45, 2.75) is 107 Å². The third kappa shape index (κ3) is 4.74. The molecule has 3 aromatic heterocycles. The van der Waals surface area contributed by atoms with Crippen molar-refractivity contribution >= 4 is 61.3 Å². The molecule has 0 atom stereocenters. The Labute approximate surface area is 254 Å². The summed E-state index contributed by atoms with van der Waals surface area (Å²) in [4.78, 5) is 14.4. The monoisotopic (exact) mass is 612 g/mol. The maximum Gasteiger partial charge on any atom is 0.0725 e. The average Bonchev–Trinajstić information content (AvgIpc) is 3.74. The van der Waals surface area contributed by atoms with E-state index in [1.54, 1.807) is 0 Å². The lowest BCUT2D eigenvalue weighted by Crippen LogP contribution is -1.95. The second-order valence-electron chi connectivity index (χ2n) is 10.9. The fourth-order valence-corrected chi connectivity index (χ4v) is 7.97. The van der Waals surface area contributed by atoms with Crippen molar-refractivity contribution in [1.82, 2.24) is 19.5 Å². The molecule has 1 N–H and O–H groups in total. The molecule has 0 aliphatic carbocycles. The van der Waals surface area contributed by atoms with Gasteiger partial charge in [-0.05, 0) is 125 Å². The van der Waals surface area contributed by atoms with Gasteiger partial charge in [-0.1, -0.05) is 48.5 Å². The highest BCUT2D eigenvalue weighted by Crippen LogP contribution is 2.40. The molecule has 4 nitrogen and oxygen atoms in total. The number of hydrogen-bond donors (Lipinski definition) is 1. The molecule has 216 valence electrons. The van der Waals surface area contributed by atoms with Crippen LogP contribution in [0.2, 0.25) is 0 Å². The van der Waals surface area contributed by atoms with E-state index in [0.29, 0.717) is 0 Å². The Morgan fingerprint density at radius 1 is 0.634 bits per heavy atom. The number of hydrogen-bond acceptors (Lipinski definition) is 2. The van der Waals surface area contributed by atoms with Crippen molar-refractivity contribution < 1.29 is 0 Å². The van der Waals surface area contributed by atoms with Crippen LogP contribution in [0.3, 0.4) is 0 Å². The number of rotatable bonds is 8. The number of nitrogens with zero attached hydrogens (tertiary/aromatic N) is 3. The van der Waals surface area contributed by atoms with E-state index in [4.69, 9.17) is 9.97 Å². The molecule has 41 heavy (non-hydrogen) atoms. The fourth-order valence-electron chi connectivity index (χ4n) is 7.18. The van der Waals surface area contributed by atoms with Crippen molar-refractivity contribution in [1.29, 1.82) is 0 Å². The van der Waals surface area contributed by atoms with Gasteiger partial charge < -0.3 is 9.55 Å². The normalized spacial score (nSPS) is 13.1. The summed E-state index contributed by atoms with van der Waals surface area (Å²) in [5.41, 5.74) is 19.0. The zero-order valence-corrected chi connectivity index (χ0v) is 27.8. The first-order chi connectivity index (χ1) is 19.9. The summed E-state index contributed by atoms with van der Waals surface area (Å²) in [5, 5.41) is 0. The van der Waals surface area contributed by atoms with Crippen LogP contribution < -0.4 is 0 Å². The maximum absolute atomic E-state index is 5.36. The molecule has 2 aliphatic rings. The lowest BCUT2D eigenvalue weighted by molar-refractivity contribution is 0.820. The molecule has 5 rings (SSSR count). The fraction of sp³-hybridized carbons (Fsp3) is 0.444. The lowest BCUT2D eigenvalue weighted by atomic mass is 9.95. The van der Waals surface area contributed by atoms with Gasteiger partial charge >= 0.3 is 0 Å². The predicted octanol–water partition coefficient (Wildman–Crippen LogP) is 10.3. The summed E-state index contributed by atoms with van der Waals surface area (Å²) in [7, 11) is 0. The highest BCUT2D eigenvalue weighted by atomic mass is 79.9. The summed E-state index contributed by atoms with van der Waals surface area (Å²) >= 11 is 4.20. The second kappa shape index (κ2) is 12.1. The third-order valence-corrected chi connectivity index (χ3v) is 9.76. The van der Waals surface area contributed by atoms with Crippen LogP contribution >= 0.6 is 15.9 Å². The summed E-state index contributed by atoms with van der Waals surface area (Å²) < 4.78 is 3.66. The largest absolute Gasteiger partial charge is 0.354 e. The molecule has 0 aromatic carbocycles. The number of H-pyrrole nitrogens is 1. The van der Waals surface area contributed by atoms with Crippen LogP contribution in [0.1, 0.15) is 119 Å². The van der Waals surface area contributed by atoms with E-state index >= 15 is 0 Å². The predicted molar refractivity (Wildman–Crippen MR) is 181 cm³/mol. The summed E-state index contributed by atoms with van der Waals surface area (Å²) in [6.07, 6.45) is 11.1. The quantitative estimate of drug-likeness (QED) is 0.215. The number of nitrogens with one attached hydrogen (secondary N) is 1. The van der Waals surface area contributed by atoms with Gasteiger partial charge in [0.15, 0.2) is 0 Å². The van der Waals surface area contributed by atoms with Gasteiger partial charge in [0.1, 0.15) is 0 Å². The molecule has 0 saturated carbocycles. The first kappa shape index (κ1) is 29.6. The molecule has 5 heteroatoms. The SMILES string of the molecule is CCC1=C(CC)c2nc1cc1nc(cc3c(CC)c(CC)c(c(Br)c4[nH]c(c2CC)c(CC)c4CC)n3CC)C=C1. The molecular weight excluding hydrogens is 568 g/mol. The minimum atomic E-state index is 0.892. The van der Waals surface area contributed by atoms with E-state index in [1.165, 1.54) is 61.0 Å². The first-order valence-corrected chi connectivity index (χ1v) is 16.6. The molecule has 0 radical (unpaired) electrons. The van der Waals surface area contributed by atoms with Crippen LogP contribution in [0.15, 0.2) is 16.6 Å². The van der Waals surface area contributed by atoms with Crippen molar-refractivity contribution in [2.24, 2.45) is 0 Å². The van der Waals surface area contributed by atoms with Gasteiger partial charge in [0.2, 0.25) is 0 Å². The van der Waals surface area contributed by atoms with E-state index in [-0.39, 0.29) is 0 Å². The topological polar surface area (TPSA) is 46.5 Å². The lowest BCUT2D eigenvalue weighted by Gasteiger charge is -2.08. The van der Waals surface area contributed by atoms with Gasteiger partial charge in [-0.2, -0.15) is 0 Å². The number of aromatic amines is 1.